The van der Waals surface area contributed by atoms with Crippen LogP contribution in [0.3, 0.4) is 0 Å². The number of rotatable bonds is 5. The molecule has 0 saturated heterocycles. The third kappa shape index (κ3) is 4.42. The topological polar surface area (TPSA) is 115 Å². The van der Waals surface area contributed by atoms with Crippen molar-refractivity contribution in [1.29, 1.82) is 0 Å². The predicted octanol–water partition coefficient (Wildman–Crippen LogP) is 4.02. The number of carbonyl (C=O) groups is 2. The number of methoxy groups -OCH3 is 1. The smallest absolute Gasteiger partial charge is 0.290 e. The second-order valence-electron chi connectivity index (χ2n) is 8.40. The van der Waals surface area contributed by atoms with Crippen LogP contribution in [-0.2, 0) is 20.1 Å². The van der Waals surface area contributed by atoms with Gasteiger partial charge >= 0.3 is 0 Å². The van der Waals surface area contributed by atoms with Gasteiger partial charge < -0.3 is 14.2 Å². The number of hydrogen-bond donors (Lipinski definition) is 1. The van der Waals surface area contributed by atoms with Crippen LogP contribution in [0, 0.1) is 13.8 Å². The first-order chi connectivity index (χ1) is 17.2. The van der Waals surface area contributed by atoms with Crippen LogP contribution >= 0.6 is 22.9 Å². The van der Waals surface area contributed by atoms with E-state index < -0.39 is 0 Å². The van der Waals surface area contributed by atoms with Gasteiger partial charge in [-0.15, -0.1) is 0 Å². The van der Waals surface area contributed by atoms with Crippen LogP contribution < -0.4 is 10.1 Å². The number of aryl methyl sites for hydroxylation is 3. The highest BCUT2D eigenvalue weighted by Crippen LogP contribution is 2.35. The highest BCUT2D eigenvalue weighted by Gasteiger charge is 2.30. The van der Waals surface area contributed by atoms with Gasteiger partial charge in [0.05, 0.1) is 48.2 Å². The van der Waals surface area contributed by atoms with Gasteiger partial charge in [0.1, 0.15) is 10.9 Å². The molecule has 1 aliphatic rings. The summed E-state index contributed by atoms with van der Waals surface area (Å²) in [6.45, 7) is 4.46. The molecule has 5 heterocycles. The SMILES string of the molecule is COc1cnc(Cl)cc1-c1cc(C)ncc1C(=O)Nc1nc2c(s1)CN(C(=O)c1nc(C)cn1C)C2. The normalized spacial score (nSPS) is 12.5. The molecule has 0 saturated carbocycles. The summed E-state index contributed by atoms with van der Waals surface area (Å²) in [5.41, 5.74) is 3.88. The first-order valence-corrected chi connectivity index (χ1v) is 12.2. The van der Waals surface area contributed by atoms with E-state index in [-0.39, 0.29) is 17.0 Å². The zero-order valence-corrected chi connectivity index (χ0v) is 21.6. The zero-order valence-electron chi connectivity index (χ0n) is 20.0. The molecule has 2 amide bonds. The van der Waals surface area contributed by atoms with Crippen molar-refractivity contribution in [2.45, 2.75) is 26.9 Å². The second kappa shape index (κ2) is 9.32. The third-order valence-electron chi connectivity index (χ3n) is 5.78. The van der Waals surface area contributed by atoms with E-state index >= 15 is 0 Å². The van der Waals surface area contributed by atoms with Crippen molar-refractivity contribution in [1.82, 2.24) is 29.4 Å². The largest absolute Gasteiger partial charge is 0.494 e. The van der Waals surface area contributed by atoms with Gasteiger partial charge in [0.2, 0.25) is 0 Å². The molecule has 0 radical (unpaired) electrons. The molecule has 0 spiro atoms. The minimum absolute atomic E-state index is 0.151. The van der Waals surface area contributed by atoms with Crippen molar-refractivity contribution < 1.29 is 14.3 Å². The Balaban J connectivity index is 1.36. The molecule has 0 fully saturated rings. The Hall–Kier alpha value is -3.83. The fraction of sp³-hybridized carbons (Fsp3) is 0.250. The summed E-state index contributed by atoms with van der Waals surface area (Å²) >= 11 is 7.47. The Labute approximate surface area is 216 Å². The first-order valence-electron chi connectivity index (χ1n) is 11.0. The Morgan fingerprint density at radius 3 is 2.58 bits per heavy atom. The molecule has 10 nitrogen and oxygen atoms in total. The Bertz CT molecular complexity index is 1490. The molecule has 4 aromatic rings. The van der Waals surface area contributed by atoms with Crippen molar-refractivity contribution >= 4 is 39.9 Å². The van der Waals surface area contributed by atoms with Crippen molar-refractivity contribution in [3.63, 3.8) is 0 Å². The lowest BCUT2D eigenvalue weighted by Crippen LogP contribution is -2.28. The van der Waals surface area contributed by atoms with Gasteiger partial charge in [-0.2, -0.15) is 0 Å². The van der Waals surface area contributed by atoms with Crippen molar-refractivity contribution in [2.75, 3.05) is 12.4 Å². The van der Waals surface area contributed by atoms with Crippen LogP contribution in [0.1, 0.15) is 42.9 Å². The molecule has 0 aliphatic carbocycles. The molecule has 1 aliphatic heterocycles. The summed E-state index contributed by atoms with van der Waals surface area (Å²) in [6.07, 6.45) is 4.85. The number of thiazole rings is 1. The Kier molecular flexibility index (Phi) is 6.19. The first kappa shape index (κ1) is 23.9. The number of nitrogens with zero attached hydrogens (tertiary/aromatic N) is 6. The van der Waals surface area contributed by atoms with E-state index in [0.717, 1.165) is 22.0 Å². The van der Waals surface area contributed by atoms with Crippen LogP contribution in [0.2, 0.25) is 5.15 Å². The van der Waals surface area contributed by atoms with E-state index in [1.807, 2.05) is 20.0 Å². The number of pyridine rings is 2. The number of anilines is 1. The van der Waals surface area contributed by atoms with Crippen molar-refractivity contribution in [3.8, 4) is 16.9 Å². The summed E-state index contributed by atoms with van der Waals surface area (Å²) in [4.78, 5) is 46.0. The van der Waals surface area contributed by atoms with Gasteiger partial charge in [0.25, 0.3) is 11.8 Å². The molecule has 4 aromatic heterocycles. The summed E-state index contributed by atoms with van der Waals surface area (Å²) in [5.74, 6) is 0.361. The molecular formula is C24H22ClN7O3S. The number of nitrogens with one attached hydrogen (secondary N) is 1. The molecule has 0 aromatic carbocycles. The lowest BCUT2D eigenvalue weighted by atomic mass is 10.0. The monoisotopic (exact) mass is 523 g/mol. The lowest BCUT2D eigenvalue weighted by Gasteiger charge is -2.15. The lowest BCUT2D eigenvalue weighted by molar-refractivity contribution is 0.0734. The maximum absolute atomic E-state index is 13.3. The average molecular weight is 524 g/mol. The van der Waals surface area contributed by atoms with Crippen molar-refractivity contribution in [3.05, 3.63) is 69.2 Å². The van der Waals surface area contributed by atoms with Crippen molar-refractivity contribution in [2.24, 2.45) is 7.05 Å². The summed E-state index contributed by atoms with van der Waals surface area (Å²) in [5, 5.41) is 3.61. The van der Waals surface area contributed by atoms with Gasteiger partial charge in [0, 0.05) is 36.3 Å². The average Bonchev–Trinajstić information content (AvgIpc) is 3.50. The molecule has 184 valence electrons. The van der Waals surface area contributed by atoms with E-state index in [2.05, 4.69) is 25.3 Å². The number of hydrogen-bond acceptors (Lipinski definition) is 8. The van der Waals surface area contributed by atoms with Gasteiger partial charge in [-0.05, 0) is 26.0 Å². The van der Waals surface area contributed by atoms with E-state index in [0.29, 0.717) is 46.5 Å². The molecule has 5 rings (SSSR count). The minimum Gasteiger partial charge on any atom is -0.494 e. The number of halogens is 1. The number of imidazole rings is 1. The van der Waals surface area contributed by atoms with Gasteiger partial charge in [-0.1, -0.05) is 22.9 Å². The van der Waals surface area contributed by atoms with E-state index in [4.69, 9.17) is 16.3 Å². The minimum atomic E-state index is -0.365. The molecule has 0 unspecified atom stereocenters. The number of amides is 2. The number of fused-ring (bicyclic) bond motifs is 1. The summed E-state index contributed by atoms with van der Waals surface area (Å²) in [6, 6.07) is 3.45. The standard InChI is InChI=1S/C24H22ClN7O3S/c1-12-5-14(15-6-20(25)27-8-18(15)35-4)16(7-26-12)22(33)30-24-29-17-10-32(11-19(17)36-24)23(34)21-28-13(2)9-31(21)3/h5-9H,10-11H2,1-4H3,(H,29,30,33). The molecule has 1 N–H and O–H groups in total. The molecule has 36 heavy (non-hydrogen) atoms. The van der Waals surface area contributed by atoms with Crippen LogP contribution in [-0.4, -0.2) is 48.3 Å². The zero-order chi connectivity index (χ0) is 25.6. The summed E-state index contributed by atoms with van der Waals surface area (Å²) in [7, 11) is 3.33. The number of ether oxygens (including phenoxy) is 1. The van der Waals surface area contributed by atoms with Gasteiger partial charge in [-0.3, -0.25) is 19.9 Å². The quantitative estimate of drug-likeness (QED) is 0.393. The maximum atomic E-state index is 13.3. The number of carbonyl (C=O) groups excluding carboxylic acids is 2. The van der Waals surface area contributed by atoms with E-state index in [1.165, 1.54) is 30.8 Å². The second-order valence-corrected chi connectivity index (χ2v) is 9.87. The Morgan fingerprint density at radius 2 is 1.89 bits per heavy atom. The third-order valence-corrected chi connectivity index (χ3v) is 6.98. The molecule has 0 atom stereocenters. The van der Waals surface area contributed by atoms with Gasteiger partial charge in [0.15, 0.2) is 11.0 Å². The van der Waals surface area contributed by atoms with Crippen LogP contribution in [0.25, 0.3) is 11.1 Å². The highest BCUT2D eigenvalue weighted by molar-refractivity contribution is 7.16. The molecule has 0 bridgehead atoms. The maximum Gasteiger partial charge on any atom is 0.290 e. The molecular weight excluding hydrogens is 502 g/mol. The summed E-state index contributed by atoms with van der Waals surface area (Å²) < 4.78 is 7.16. The predicted molar refractivity (Wildman–Crippen MR) is 135 cm³/mol. The fourth-order valence-electron chi connectivity index (χ4n) is 4.11. The fourth-order valence-corrected chi connectivity index (χ4v) is 5.25. The van der Waals surface area contributed by atoms with E-state index in [9.17, 15) is 9.59 Å². The molecule has 12 heteroatoms. The van der Waals surface area contributed by atoms with Crippen LogP contribution in [0.4, 0.5) is 5.13 Å². The number of aromatic nitrogens is 5. The van der Waals surface area contributed by atoms with E-state index in [1.54, 1.807) is 28.6 Å². The van der Waals surface area contributed by atoms with Gasteiger partial charge in [-0.25, -0.2) is 15.0 Å². The Morgan fingerprint density at radius 1 is 1.08 bits per heavy atom. The van der Waals surface area contributed by atoms with Crippen LogP contribution in [0.5, 0.6) is 5.75 Å². The van der Waals surface area contributed by atoms with Crippen LogP contribution in [0.15, 0.2) is 30.7 Å². The highest BCUT2D eigenvalue weighted by atomic mass is 35.5.